The van der Waals surface area contributed by atoms with E-state index in [9.17, 15) is 4.79 Å². The van der Waals surface area contributed by atoms with Crippen LogP contribution >= 0.6 is 0 Å². The Balaban J connectivity index is 1.79. The predicted molar refractivity (Wildman–Crippen MR) is 85.4 cm³/mol. The predicted octanol–water partition coefficient (Wildman–Crippen LogP) is 2.53. The lowest BCUT2D eigenvalue weighted by Crippen LogP contribution is -2.24. The van der Waals surface area contributed by atoms with Gasteiger partial charge >= 0.3 is 0 Å². The Morgan fingerprint density at radius 3 is 2.50 bits per heavy atom. The molecular weight excluding hydrogens is 280 g/mol. The van der Waals surface area contributed by atoms with E-state index in [0.717, 1.165) is 16.9 Å². The van der Waals surface area contributed by atoms with Gasteiger partial charge in [0, 0.05) is 0 Å². The molecule has 0 saturated carbocycles. The average molecular weight is 298 g/mol. The van der Waals surface area contributed by atoms with Crippen LogP contribution in [0.1, 0.15) is 11.1 Å². The third-order valence-corrected chi connectivity index (χ3v) is 3.01. The molecule has 0 heterocycles. The number of carbonyl (C=O) groups is 1. The van der Waals surface area contributed by atoms with Gasteiger partial charge in [0.15, 0.2) is 6.61 Å². The fraction of sp³-hybridized carbons (Fsp3) is 0.176. The standard InChI is InChI=1S/C17H18N2O3/c1-13-5-3-4-6-14(13)11-18-19-17(20)12-22-16-9-7-15(21-2)8-10-16/h3-11H,12H2,1-2H3,(H,19,20)/b18-11+. The Kier molecular flexibility index (Phi) is 5.54. The summed E-state index contributed by atoms with van der Waals surface area (Å²) in [6, 6.07) is 14.8. The highest BCUT2D eigenvalue weighted by Gasteiger charge is 2.01. The lowest BCUT2D eigenvalue weighted by Gasteiger charge is -2.06. The van der Waals surface area contributed by atoms with Gasteiger partial charge in [-0.25, -0.2) is 5.43 Å². The van der Waals surface area contributed by atoms with Crippen molar-refractivity contribution >= 4 is 12.1 Å². The monoisotopic (exact) mass is 298 g/mol. The molecule has 1 N–H and O–H groups in total. The topological polar surface area (TPSA) is 59.9 Å². The summed E-state index contributed by atoms with van der Waals surface area (Å²) in [7, 11) is 1.59. The largest absolute Gasteiger partial charge is 0.497 e. The number of amides is 1. The van der Waals surface area contributed by atoms with Crippen molar-refractivity contribution in [1.29, 1.82) is 0 Å². The van der Waals surface area contributed by atoms with Gasteiger partial charge in [-0.1, -0.05) is 24.3 Å². The molecule has 2 rings (SSSR count). The first-order chi connectivity index (χ1) is 10.7. The van der Waals surface area contributed by atoms with Crippen molar-refractivity contribution < 1.29 is 14.3 Å². The van der Waals surface area contributed by atoms with Crippen molar-refractivity contribution in [2.24, 2.45) is 5.10 Å². The normalized spacial score (nSPS) is 10.5. The number of hydrogen-bond donors (Lipinski definition) is 1. The molecule has 0 aliphatic heterocycles. The summed E-state index contributed by atoms with van der Waals surface area (Å²) in [6.07, 6.45) is 1.61. The van der Waals surface area contributed by atoms with Gasteiger partial charge in [0.1, 0.15) is 11.5 Å². The first-order valence-corrected chi connectivity index (χ1v) is 6.83. The van der Waals surface area contributed by atoms with Crippen LogP contribution in [0.3, 0.4) is 0 Å². The van der Waals surface area contributed by atoms with Crippen molar-refractivity contribution in [2.75, 3.05) is 13.7 Å². The van der Waals surface area contributed by atoms with Crippen LogP contribution in [0.2, 0.25) is 0 Å². The molecule has 1 amide bonds. The van der Waals surface area contributed by atoms with E-state index in [1.54, 1.807) is 37.6 Å². The molecule has 0 spiro atoms. The molecule has 5 heteroatoms. The number of nitrogens with zero attached hydrogens (tertiary/aromatic N) is 1. The smallest absolute Gasteiger partial charge is 0.277 e. The molecule has 22 heavy (non-hydrogen) atoms. The van der Waals surface area contributed by atoms with Crippen LogP contribution in [0.25, 0.3) is 0 Å². The van der Waals surface area contributed by atoms with Crippen LogP contribution in [0.5, 0.6) is 11.5 Å². The molecular formula is C17H18N2O3. The number of aryl methyl sites for hydroxylation is 1. The second-order valence-electron chi connectivity index (χ2n) is 4.61. The minimum Gasteiger partial charge on any atom is -0.497 e. The summed E-state index contributed by atoms with van der Waals surface area (Å²) < 4.78 is 10.4. The van der Waals surface area contributed by atoms with Crippen LogP contribution in [0.15, 0.2) is 53.6 Å². The van der Waals surface area contributed by atoms with Crippen molar-refractivity contribution in [2.45, 2.75) is 6.92 Å². The maximum atomic E-state index is 11.6. The van der Waals surface area contributed by atoms with Gasteiger partial charge < -0.3 is 9.47 Å². The molecule has 2 aromatic rings. The Labute approximate surface area is 129 Å². The minimum absolute atomic E-state index is 0.0998. The zero-order chi connectivity index (χ0) is 15.8. The van der Waals surface area contributed by atoms with E-state index in [1.165, 1.54) is 0 Å². The number of benzene rings is 2. The lowest BCUT2D eigenvalue weighted by molar-refractivity contribution is -0.123. The Morgan fingerprint density at radius 2 is 1.82 bits per heavy atom. The van der Waals surface area contributed by atoms with Crippen molar-refractivity contribution in [3.8, 4) is 11.5 Å². The van der Waals surface area contributed by atoms with Gasteiger partial charge in [-0.2, -0.15) is 5.10 Å². The van der Waals surface area contributed by atoms with Crippen LogP contribution < -0.4 is 14.9 Å². The summed E-state index contributed by atoms with van der Waals surface area (Å²) in [5, 5.41) is 3.92. The van der Waals surface area contributed by atoms with Crippen molar-refractivity contribution in [1.82, 2.24) is 5.43 Å². The first kappa shape index (κ1) is 15.6. The van der Waals surface area contributed by atoms with E-state index in [-0.39, 0.29) is 12.5 Å². The average Bonchev–Trinajstić information content (AvgIpc) is 2.55. The molecule has 0 saturated heterocycles. The van der Waals surface area contributed by atoms with E-state index >= 15 is 0 Å². The van der Waals surface area contributed by atoms with Gasteiger partial charge in [-0.3, -0.25) is 4.79 Å². The quantitative estimate of drug-likeness (QED) is 0.658. The van der Waals surface area contributed by atoms with E-state index in [4.69, 9.17) is 9.47 Å². The van der Waals surface area contributed by atoms with Gasteiger partial charge in [-0.15, -0.1) is 0 Å². The minimum atomic E-state index is -0.319. The zero-order valence-corrected chi connectivity index (χ0v) is 12.6. The highest BCUT2D eigenvalue weighted by atomic mass is 16.5. The maximum Gasteiger partial charge on any atom is 0.277 e. The molecule has 5 nitrogen and oxygen atoms in total. The van der Waals surface area contributed by atoms with Crippen LogP contribution in [-0.2, 0) is 4.79 Å². The summed E-state index contributed by atoms with van der Waals surface area (Å²) >= 11 is 0. The lowest BCUT2D eigenvalue weighted by atomic mass is 10.1. The molecule has 0 aliphatic rings. The number of ether oxygens (including phenoxy) is 2. The molecule has 0 aromatic heterocycles. The van der Waals surface area contributed by atoms with E-state index < -0.39 is 0 Å². The number of hydrogen-bond acceptors (Lipinski definition) is 4. The number of nitrogens with one attached hydrogen (secondary N) is 1. The van der Waals surface area contributed by atoms with Crippen LogP contribution in [0, 0.1) is 6.92 Å². The van der Waals surface area contributed by atoms with E-state index in [1.807, 2.05) is 31.2 Å². The third-order valence-electron chi connectivity index (χ3n) is 3.01. The second kappa shape index (κ2) is 7.83. The molecule has 0 radical (unpaired) electrons. The molecule has 0 fully saturated rings. The molecule has 2 aromatic carbocycles. The Hall–Kier alpha value is -2.82. The van der Waals surface area contributed by atoms with Crippen LogP contribution in [-0.4, -0.2) is 25.8 Å². The fourth-order valence-corrected chi connectivity index (χ4v) is 1.76. The molecule has 0 atom stereocenters. The number of carbonyl (C=O) groups excluding carboxylic acids is 1. The zero-order valence-electron chi connectivity index (χ0n) is 12.6. The van der Waals surface area contributed by atoms with E-state index in [2.05, 4.69) is 10.5 Å². The van der Waals surface area contributed by atoms with E-state index in [0.29, 0.717) is 5.75 Å². The fourth-order valence-electron chi connectivity index (χ4n) is 1.76. The summed E-state index contributed by atoms with van der Waals surface area (Å²) in [5.74, 6) is 1.01. The summed E-state index contributed by atoms with van der Waals surface area (Å²) in [4.78, 5) is 11.6. The number of rotatable bonds is 6. The highest BCUT2D eigenvalue weighted by molar-refractivity contribution is 5.84. The Morgan fingerprint density at radius 1 is 1.14 bits per heavy atom. The van der Waals surface area contributed by atoms with Gasteiger partial charge in [0.05, 0.1) is 13.3 Å². The van der Waals surface area contributed by atoms with Gasteiger partial charge in [-0.05, 0) is 42.3 Å². The summed E-state index contributed by atoms with van der Waals surface area (Å²) in [6.45, 7) is 1.88. The number of methoxy groups -OCH3 is 1. The first-order valence-electron chi connectivity index (χ1n) is 6.83. The third kappa shape index (κ3) is 4.63. The maximum absolute atomic E-state index is 11.6. The van der Waals surface area contributed by atoms with Gasteiger partial charge in [0.25, 0.3) is 5.91 Å². The van der Waals surface area contributed by atoms with Crippen molar-refractivity contribution in [3.63, 3.8) is 0 Å². The molecule has 0 unspecified atom stereocenters. The Bertz CT molecular complexity index is 651. The summed E-state index contributed by atoms with van der Waals surface area (Å²) in [5.41, 5.74) is 4.48. The number of hydrazone groups is 1. The SMILES string of the molecule is COc1ccc(OCC(=O)N/N=C/c2ccccc2C)cc1. The second-order valence-corrected chi connectivity index (χ2v) is 4.61. The van der Waals surface area contributed by atoms with Crippen molar-refractivity contribution in [3.05, 3.63) is 59.7 Å². The molecule has 0 aliphatic carbocycles. The molecule has 114 valence electrons. The van der Waals surface area contributed by atoms with Crippen LogP contribution in [0.4, 0.5) is 0 Å². The van der Waals surface area contributed by atoms with Gasteiger partial charge in [0.2, 0.25) is 0 Å². The molecule has 0 bridgehead atoms. The highest BCUT2D eigenvalue weighted by Crippen LogP contribution is 2.16.